The molecule has 0 saturated heterocycles. The van der Waals surface area contributed by atoms with Crippen LogP contribution in [0.4, 0.5) is 5.95 Å². The number of aromatic nitrogens is 3. The molecule has 0 spiro atoms. The second-order valence-electron chi connectivity index (χ2n) is 7.23. The fourth-order valence-corrected chi connectivity index (χ4v) is 2.65. The van der Waals surface area contributed by atoms with E-state index in [0.717, 1.165) is 28.1 Å². The molecule has 0 aliphatic rings. The third-order valence-electron chi connectivity index (χ3n) is 4.29. The summed E-state index contributed by atoms with van der Waals surface area (Å²) in [6, 6.07) is 9.83. The number of amides is 1. The summed E-state index contributed by atoms with van der Waals surface area (Å²) in [5, 5.41) is 6.90. The second-order valence-corrected chi connectivity index (χ2v) is 7.23. The van der Waals surface area contributed by atoms with Gasteiger partial charge in [0, 0.05) is 44.4 Å². The van der Waals surface area contributed by atoms with Gasteiger partial charge in [-0.3, -0.25) is 4.79 Å². The zero-order chi connectivity index (χ0) is 20.3. The summed E-state index contributed by atoms with van der Waals surface area (Å²) in [5.74, 6) is 1.26. The molecule has 1 amide bonds. The molecule has 28 heavy (non-hydrogen) atoms. The van der Waals surface area contributed by atoms with Crippen molar-refractivity contribution in [3.05, 3.63) is 47.8 Å². The van der Waals surface area contributed by atoms with Crippen molar-refractivity contribution < 1.29 is 9.32 Å². The maximum Gasteiger partial charge on any atom is 0.225 e. The van der Waals surface area contributed by atoms with E-state index in [9.17, 15) is 4.79 Å². The highest BCUT2D eigenvalue weighted by molar-refractivity contribution is 5.79. The Balaban J connectivity index is 1.93. The summed E-state index contributed by atoms with van der Waals surface area (Å²) in [4.78, 5) is 22.7. The minimum absolute atomic E-state index is 0.0299. The Kier molecular flexibility index (Phi) is 5.73. The van der Waals surface area contributed by atoms with Crippen molar-refractivity contribution in [1.29, 1.82) is 0 Å². The third kappa shape index (κ3) is 4.36. The molecule has 0 aliphatic heterocycles. The molecule has 2 heterocycles. The minimum atomic E-state index is -0.0299. The van der Waals surface area contributed by atoms with Crippen LogP contribution < -0.4 is 10.2 Å². The Bertz CT molecular complexity index is 961. The summed E-state index contributed by atoms with van der Waals surface area (Å²) in [6.45, 7) is 6.13. The quantitative estimate of drug-likeness (QED) is 0.706. The number of anilines is 1. The Hall–Kier alpha value is -3.22. The van der Waals surface area contributed by atoms with Crippen LogP contribution in [0.2, 0.25) is 0 Å². The SMILES string of the molecule is Cc1cc(-c2cnc(N(C)C)nc2-c2ccc(CNC(=O)C(C)C)cc2)on1. The van der Waals surface area contributed by atoms with Crippen molar-refractivity contribution in [1.82, 2.24) is 20.4 Å². The van der Waals surface area contributed by atoms with Gasteiger partial charge in [0.05, 0.1) is 17.0 Å². The molecular formula is C21H25N5O2. The summed E-state index contributed by atoms with van der Waals surface area (Å²) < 4.78 is 5.43. The first kappa shape index (κ1) is 19.5. The average molecular weight is 379 g/mol. The number of carbonyl (C=O) groups is 1. The van der Waals surface area contributed by atoms with Gasteiger partial charge in [0.2, 0.25) is 11.9 Å². The number of carbonyl (C=O) groups excluding carboxylic acids is 1. The van der Waals surface area contributed by atoms with Gasteiger partial charge in [0.1, 0.15) is 0 Å². The predicted molar refractivity (Wildman–Crippen MR) is 109 cm³/mol. The van der Waals surface area contributed by atoms with Crippen molar-refractivity contribution in [2.45, 2.75) is 27.3 Å². The number of hydrogen-bond acceptors (Lipinski definition) is 6. The van der Waals surface area contributed by atoms with Crippen LogP contribution in [0.1, 0.15) is 25.1 Å². The fourth-order valence-electron chi connectivity index (χ4n) is 2.65. The molecule has 0 atom stereocenters. The van der Waals surface area contributed by atoms with Crippen LogP contribution >= 0.6 is 0 Å². The first-order chi connectivity index (χ1) is 13.3. The summed E-state index contributed by atoms with van der Waals surface area (Å²) in [7, 11) is 3.80. The number of benzene rings is 1. The average Bonchev–Trinajstić information content (AvgIpc) is 3.12. The highest BCUT2D eigenvalue weighted by Gasteiger charge is 2.16. The van der Waals surface area contributed by atoms with Crippen LogP contribution in [-0.4, -0.2) is 35.1 Å². The predicted octanol–water partition coefficient (Wildman–Crippen LogP) is 3.45. The van der Waals surface area contributed by atoms with Crippen LogP contribution in [0.5, 0.6) is 0 Å². The Morgan fingerprint density at radius 2 is 1.93 bits per heavy atom. The van der Waals surface area contributed by atoms with Gasteiger partial charge in [-0.15, -0.1) is 0 Å². The van der Waals surface area contributed by atoms with Gasteiger partial charge >= 0.3 is 0 Å². The van der Waals surface area contributed by atoms with Crippen LogP contribution in [-0.2, 0) is 11.3 Å². The van der Waals surface area contributed by atoms with E-state index in [1.54, 1.807) is 6.20 Å². The zero-order valence-electron chi connectivity index (χ0n) is 16.9. The van der Waals surface area contributed by atoms with E-state index >= 15 is 0 Å². The molecule has 1 N–H and O–H groups in total. The molecule has 1 aromatic carbocycles. The number of hydrogen-bond donors (Lipinski definition) is 1. The topological polar surface area (TPSA) is 84.2 Å². The molecule has 2 aromatic heterocycles. The second kappa shape index (κ2) is 8.21. The lowest BCUT2D eigenvalue weighted by Gasteiger charge is -2.14. The van der Waals surface area contributed by atoms with Gasteiger partial charge in [0.15, 0.2) is 5.76 Å². The van der Waals surface area contributed by atoms with Gasteiger partial charge < -0.3 is 14.7 Å². The van der Waals surface area contributed by atoms with E-state index in [0.29, 0.717) is 18.3 Å². The molecular weight excluding hydrogens is 354 g/mol. The number of nitrogens with one attached hydrogen (secondary N) is 1. The largest absolute Gasteiger partial charge is 0.356 e. The summed E-state index contributed by atoms with van der Waals surface area (Å²) in [6.07, 6.45) is 1.76. The van der Waals surface area contributed by atoms with Gasteiger partial charge in [-0.1, -0.05) is 43.3 Å². The van der Waals surface area contributed by atoms with Crippen LogP contribution in [0.15, 0.2) is 41.1 Å². The Morgan fingerprint density at radius 1 is 1.21 bits per heavy atom. The highest BCUT2D eigenvalue weighted by Crippen LogP contribution is 2.31. The number of aryl methyl sites for hydroxylation is 1. The van der Waals surface area contributed by atoms with E-state index < -0.39 is 0 Å². The van der Waals surface area contributed by atoms with Crippen molar-refractivity contribution >= 4 is 11.9 Å². The molecule has 0 unspecified atom stereocenters. The number of nitrogens with zero attached hydrogens (tertiary/aromatic N) is 4. The number of rotatable bonds is 6. The zero-order valence-corrected chi connectivity index (χ0v) is 16.9. The third-order valence-corrected chi connectivity index (χ3v) is 4.29. The molecule has 0 saturated carbocycles. The van der Waals surface area contributed by atoms with E-state index in [1.807, 2.05) is 70.1 Å². The fraction of sp³-hybridized carbons (Fsp3) is 0.333. The molecule has 0 radical (unpaired) electrons. The van der Waals surface area contributed by atoms with Crippen LogP contribution in [0.25, 0.3) is 22.6 Å². The lowest BCUT2D eigenvalue weighted by molar-refractivity contribution is -0.124. The Labute approximate surface area is 164 Å². The first-order valence-corrected chi connectivity index (χ1v) is 9.20. The van der Waals surface area contributed by atoms with Crippen molar-refractivity contribution in [3.8, 4) is 22.6 Å². The first-order valence-electron chi connectivity index (χ1n) is 9.20. The van der Waals surface area contributed by atoms with Gasteiger partial charge in [-0.25, -0.2) is 9.97 Å². The van der Waals surface area contributed by atoms with Crippen molar-refractivity contribution in [2.24, 2.45) is 5.92 Å². The smallest absolute Gasteiger partial charge is 0.225 e. The summed E-state index contributed by atoms with van der Waals surface area (Å²) in [5.41, 5.74) is 4.32. The van der Waals surface area contributed by atoms with Gasteiger partial charge in [-0.2, -0.15) is 0 Å². The van der Waals surface area contributed by atoms with E-state index in [1.165, 1.54) is 0 Å². The molecule has 7 nitrogen and oxygen atoms in total. The standard InChI is InChI=1S/C21H25N5O2/c1-13(2)20(27)22-11-15-6-8-16(9-7-15)19-17(18-10-14(3)25-28-18)12-23-21(24-19)26(4)5/h6-10,12-13H,11H2,1-5H3,(H,22,27). The van der Waals surface area contributed by atoms with E-state index in [-0.39, 0.29) is 11.8 Å². The normalized spacial score (nSPS) is 10.9. The lowest BCUT2D eigenvalue weighted by Crippen LogP contribution is -2.27. The summed E-state index contributed by atoms with van der Waals surface area (Å²) >= 11 is 0. The van der Waals surface area contributed by atoms with Crippen LogP contribution in [0.3, 0.4) is 0 Å². The van der Waals surface area contributed by atoms with Crippen molar-refractivity contribution in [2.75, 3.05) is 19.0 Å². The molecule has 3 rings (SSSR count). The molecule has 0 bridgehead atoms. The van der Waals surface area contributed by atoms with Crippen LogP contribution in [0, 0.1) is 12.8 Å². The molecule has 3 aromatic rings. The van der Waals surface area contributed by atoms with Crippen molar-refractivity contribution in [3.63, 3.8) is 0 Å². The lowest BCUT2D eigenvalue weighted by atomic mass is 10.0. The monoisotopic (exact) mass is 379 g/mol. The highest BCUT2D eigenvalue weighted by atomic mass is 16.5. The molecule has 0 aliphatic carbocycles. The molecule has 0 fully saturated rings. The van der Waals surface area contributed by atoms with E-state index in [4.69, 9.17) is 9.51 Å². The maximum atomic E-state index is 11.8. The van der Waals surface area contributed by atoms with E-state index in [2.05, 4.69) is 15.5 Å². The molecule has 7 heteroatoms. The maximum absolute atomic E-state index is 11.8. The minimum Gasteiger partial charge on any atom is -0.356 e. The Morgan fingerprint density at radius 3 is 2.50 bits per heavy atom. The molecule has 146 valence electrons. The van der Waals surface area contributed by atoms with Gasteiger partial charge in [0.25, 0.3) is 0 Å². The van der Waals surface area contributed by atoms with Gasteiger partial charge in [-0.05, 0) is 12.5 Å².